The number of rotatable bonds is 18. The van der Waals surface area contributed by atoms with Gasteiger partial charge in [-0.1, -0.05) is 64.7 Å². The minimum Gasteiger partial charge on any atom is -1.00 e. The molecule has 154 valence electrons. The SMILES string of the molecule is CCCCCCCCCCCCOCC(O)CNCC(C)S(=O)(=O)O.[H-].[Na+]. The summed E-state index contributed by atoms with van der Waals surface area (Å²) < 4.78 is 35.9. The molecule has 0 heterocycles. The minimum absolute atomic E-state index is 0. The standard InChI is InChI=1S/C18H39NO5S.Na.H/c1-3-4-5-6-7-8-9-10-11-12-13-24-16-18(20)15-19-14-17(2)25(21,22)23;;/h17-20H,3-16H2,1-2H3,(H,21,22,23);;/q;+1;-1. The molecule has 3 N–H and O–H groups in total. The smallest absolute Gasteiger partial charge is 1.00 e. The van der Waals surface area contributed by atoms with E-state index in [-0.39, 0.29) is 50.7 Å². The summed E-state index contributed by atoms with van der Waals surface area (Å²) >= 11 is 0. The normalized spacial score (nSPS) is 14.0. The molecule has 0 aliphatic carbocycles. The van der Waals surface area contributed by atoms with E-state index in [4.69, 9.17) is 9.29 Å². The van der Waals surface area contributed by atoms with Crippen molar-refractivity contribution in [1.82, 2.24) is 5.32 Å². The number of hydrogen-bond acceptors (Lipinski definition) is 5. The molecule has 0 aromatic carbocycles. The number of unbranched alkanes of at least 4 members (excludes halogenated alkanes) is 9. The topological polar surface area (TPSA) is 95.9 Å². The first-order valence-corrected chi connectivity index (χ1v) is 11.3. The third-order valence-corrected chi connectivity index (χ3v) is 5.46. The minimum atomic E-state index is -4.02. The number of nitrogens with one attached hydrogen (secondary N) is 1. The van der Waals surface area contributed by atoms with Gasteiger partial charge in [-0.2, -0.15) is 8.42 Å². The van der Waals surface area contributed by atoms with Crippen LogP contribution in [0.1, 0.15) is 79.5 Å². The molecule has 0 saturated carbocycles. The number of ether oxygens (including phenoxy) is 1. The Kier molecular flexibility index (Phi) is 21.3. The summed E-state index contributed by atoms with van der Waals surface area (Å²) in [6.45, 7) is 4.89. The predicted molar refractivity (Wildman–Crippen MR) is 104 cm³/mol. The molecule has 2 atom stereocenters. The van der Waals surface area contributed by atoms with Crippen LogP contribution in [-0.2, 0) is 14.9 Å². The number of hydrogen-bond donors (Lipinski definition) is 3. The first kappa shape index (κ1) is 29.0. The maximum Gasteiger partial charge on any atom is 1.00 e. The van der Waals surface area contributed by atoms with Gasteiger partial charge in [0.15, 0.2) is 0 Å². The Morgan fingerprint density at radius 2 is 1.46 bits per heavy atom. The molecular weight excluding hydrogens is 365 g/mol. The van der Waals surface area contributed by atoms with E-state index in [1.165, 1.54) is 58.3 Å². The van der Waals surface area contributed by atoms with Gasteiger partial charge in [-0.15, -0.1) is 0 Å². The second-order valence-electron chi connectivity index (χ2n) is 6.89. The van der Waals surface area contributed by atoms with Gasteiger partial charge in [-0.3, -0.25) is 4.55 Å². The Labute approximate surface area is 184 Å². The zero-order valence-electron chi connectivity index (χ0n) is 18.1. The summed E-state index contributed by atoms with van der Waals surface area (Å²) in [5.41, 5.74) is 0. The zero-order valence-corrected chi connectivity index (χ0v) is 19.9. The fraction of sp³-hybridized carbons (Fsp3) is 1.00. The number of aliphatic hydroxyl groups excluding tert-OH is 1. The van der Waals surface area contributed by atoms with Crippen molar-refractivity contribution in [1.29, 1.82) is 0 Å². The van der Waals surface area contributed by atoms with Crippen LogP contribution in [0.2, 0.25) is 0 Å². The van der Waals surface area contributed by atoms with E-state index in [2.05, 4.69) is 12.2 Å². The van der Waals surface area contributed by atoms with E-state index < -0.39 is 21.5 Å². The molecule has 0 aliphatic rings. The maximum absolute atomic E-state index is 10.8. The van der Waals surface area contributed by atoms with Crippen LogP contribution in [0.25, 0.3) is 0 Å². The van der Waals surface area contributed by atoms with Crippen LogP contribution in [0.5, 0.6) is 0 Å². The molecule has 0 aromatic rings. The average molecular weight is 406 g/mol. The monoisotopic (exact) mass is 405 g/mol. The quantitative estimate of drug-likeness (QED) is 0.172. The van der Waals surface area contributed by atoms with Gasteiger partial charge < -0.3 is 16.6 Å². The Balaban J connectivity index is -0.00000288. The van der Waals surface area contributed by atoms with Crippen molar-refractivity contribution in [2.75, 3.05) is 26.3 Å². The molecule has 0 bridgehead atoms. The van der Waals surface area contributed by atoms with Crippen molar-refractivity contribution in [3.05, 3.63) is 0 Å². The van der Waals surface area contributed by atoms with Crippen LogP contribution in [0.3, 0.4) is 0 Å². The van der Waals surface area contributed by atoms with Crippen LogP contribution >= 0.6 is 0 Å². The summed E-state index contributed by atoms with van der Waals surface area (Å²) in [6.07, 6.45) is 12.1. The van der Waals surface area contributed by atoms with E-state index in [1.54, 1.807) is 0 Å². The summed E-state index contributed by atoms with van der Waals surface area (Å²) in [6, 6.07) is 0. The van der Waals surface area contributed by atoms with E-state index in [9.17, 15) is 13.5 Å². The molecule has 6 nitrogen and oxygen atoms in total. The molecule has 0 radical (unpaired) electrons. The molecule has 0 aromatic heterocycles. The molecule has 0 rings (SSSR count). The molecule has 0 saturated heterocycles. The molecule has 0 amide bonds. The van der Waals surface area contributed by atoms with Crippen LogP contribution in [-0.4, -0.2) is 55.7 Å². The third-order valence-electron chi connectivity index (χ3n) is 4.27. The van der Waals surface area contributed by atoms with Crippen LogP contribution in [0.15, 0.2) is 0 Å². The number of aliphatic hydroxyl groups is 1. The second kappa shape index (κ2) is 19.1. The fourth-order valence-electron chi connectivity index (χ4n) is 2.53. The summed E-state index contributed by atoms with van der Waals surface area (Å²) in [4.78, 5) is 0. The van der Waals surface area contributed by atoms with E-state index in [1.807, 2.05) is 0 Å². The third kappa shape index (κ3) is 19.5. The Bertz CT molecular complexity index is 401. The van der Waals surface area contributed by atoms with Gasteiger partial charge in [0.2, 0.25) is 0 Å². The van der Waals surface area contributed by atoms with Crippen molar-refractivity contribution in [2.24, 2.45) is 0 Å². The van der Waals surface area contributed by atoms with Gasteiger partial charge in [0, 0.05) is 19.7 Å². The van der Waals surface area contributed by atoms with Crippen molar-refractivity contribution in [3.8, 4) is 0 Å². The Hall–Kier alpha value is 0.790. The average Bonchev–Trinajstić information content (AvgIpc) is 2.55. The van der Waals surface area contributed by atoms with E-state index >= 15 is 0 Å². The molecule has 2 unspecified atom stereocenters. The van der Waals surface area contributed by atoms with Crippen LogP contribution in [0, 0.1) is 0 Å². The maximum atomic E-state index is 10.8. The molecule has 0 aliphatic heterocycles. The first-order valence-electron chi connectivity index (χ1n) is 9.80. The molecule has 8 heteroatoms. The molecular formula is C18H40NNaO5S. The van der Waals surface area contributed by atoms with E-state index in [0.29, 0.717) is 6.61 Å². The summed E-state index contributed by atoms with van der Waals surface area (Å²) in [5, 5.41) is 11.7. The molecule has 26 heavy (non-hydrogen) atoms. The first-order chi connectivity index (χ1) is 11.9. The van der Waals surface area contributed by atoms with Gasteiger partial charge >= 0.3 is 29.6 Å². The van der Waals surface area contributed by atoms with Crippen LogP contribution in [0.4, 0.5) is 0 Å². The summed E-state index contributed by atoms with van der Waals surface area (Å²) in [7, 11) is -4.02. The van der Waals surface area contributed by atoms with Crippen molar-refractivity contribution >= 4 is 10.1 Å². The van der Waals surface area contributed by atoms with Crippen molar-refractivity contribution in [2.45, 2.75) is 89.4 Å². The van der Waals surface area contributed by atoms with E-state index in [0.717, 1.165) is 12.8 Å². The van der Waals surface area contributed by atoms with Crippen LogP contribution < -0.4 is 34.9 Å². The van der Waals surface area contributed by atoms with Crippen molar-refractivity contribution in [3.63, 3.8) is 0 Å². The Morgan fingerprint density at radius 3 is 1.96 bits per heavy atom. The molecule has 0 spiro atoms. The van der Waals surface area contributed by atoms with Crippen molar-refractivity contribution < 1.29 is 53.8 Å². The zero-order chi connectivity index (χ0) is 19.0. The van der Waals surface area contributed by atoms with Gasteiger partial charge in [0.05, 0.1) is 18.0 Å². The predicted octanol–water partition coefficient (Wildman–Crippen LogP) is 0.267. The Morgan fingerprint density at radius 1 is 0.962 bits per heavy atom. The van der Waals surface area contributed by atoms with Gasteiger partial charge in [0.1, 0.15) is 0 Å². The molecule has 0 fully saturated rings. The van der Waals surface area contributed by atoms with Gasteiger partial charge in [-0.25, -0.2) is 0 Å². The second-order valence-corrected chi connectivity index (χ2v) is 8.73. The largest absolute Gasteiger partial charge is 1.00 e. The summed E-state index contributed by atoms with van der Waals surface area (Å²) in [5.74, 6) is 0. The van der Waals surface area contributed by atoms with Gasteiger partial charge in [-0.05, 0) is 13.3 Å². The fourth-order valence-corrected chi connectivity index (χ4v) is 2.86. The van der Waals surface area contributed by atoms with Gasteiger partial charge in [0.25, 0.3) is 10.1 Å².